The van der Waals surface area contributed by atoms with Crippen LogP contribution in [0.1, 0.15) is 83.6 Å². The monoisotopic (exact) mass is 403 g/mol. The number of aryl methyl sites for hydroxylation is 2. The van der Waals surface area contributed by atoms with E-state index in [0.717, 1.165) is 6.54 Å². The predicted octanol–water partition coefficient (Wildman–Crippen LogP) is 2.46. The Morgan fingerprint density at radius 3 is 1.67 bits per heavy atom. The summed E-state index contributed by atoms with van der Waals surface area (Å²) in [6.07, 6.45) is 19.9. The third kappa shape index (κ3) is 11.1. The molecule has 0 bridgehead atoms. The number of unbranched alkanes of at least 4 members (excludes halogenated alkanes) is 9. The van der Waals surface area contributed by atoms with Crippen LogP contribution in [0.5, 0.6) is 0 Å². The van der Waals surface area contributed by atoms with E-state index >= 15 is 0 Å². The van der Waals surface area contributed by atoms with Gasteiger partial charge in [0.15, 0.2) is 12.4 Å². The normalized spacial score (nSPS) is 10.4. The molecule has 0 radical (unpaired) electrons. The minimum atomic E-state index is 0. The molecule has 122 valence electrons. The van der Waals surface area contributed by atoms with Gasteiger partial charge in [0.05, 0.1) is 0 Å². The SMILES string of the molecule is CCCCCCCCCCCCc1cc[n+](CC)cc1.[I-]. The van der Waals surface area contributed by atoms with Crippen molar-refractivity contribution in [2.75, 3.05) is 0 Å². The van der Waals surface area contributed by atoms with Crippen LogP contribution in [-0.2, 0) is 13.0 Å². The van der Waals surface area contributed by atoms with Gasteiger partial charge in [-0.2, -0.15) is 0 Å². The molecule has 0 saturated heterocycles. The summed E-state index contributed by atoms with van der Waals surface area (Å²) in [5.41, 5.74) is 1.49. The molecule has 1 aromatic rings. The molecule has 0 amide bonds. The van der Waals surface area contributed by atoms with Crippen LogP contribution in [0.25, 0.3) is 0 Å². The number of hydrogen-bond donors (Lipinski definition) is 0. The van der Waals surface area contributed by atoms with Crippen LogP contribution >= 0.6 is 0 Å². The number of rotatable bonds is 12. The maximum absolute atomic E-state index is 2.29. The number of halogens is 1. The average Bonchev–Trinajstić information content (AvgIpc) is 2.50. The van der Waals surface area contributed by atoms with Crippen molar-refractivity contribution in [3.63, 3.8) is 0 Å². The summed E-state index contributed by atoms with van der Waals surface area (Å²) in [7, 11) is 0. The molecule has 1 aromatic heterocycles. The molecule has 0 aliphatic rings. The zero-order chi connectivity index (χ0) is 14.5. The van der Waals surface area contributed by atoms with Crippen molar-refractivity contribution in [3.05, 3.63) is 30.1 Å². The van der Waals surface area contributed by atoms with E-state index in [2.05, 4.69) is 42.9 Å². The van der Waals surface area contributed by atoms with Gasteiger partial charge in [0.2, 0.25) is 0 Å². The molecule has 0 spiro atoms. The highest BCUT2D eigenvalue weighted by atomic mass is 127. The molecule has 0 N–H and O–H groups in total. The first kappa shape index (κ1) is 20.9. The molecular formula is C19H34IN. The summed E-state index contributed by atoms with van der Waals surface area (Å²) < 4.78 is 2.22. The highest BCUT2D eigenvalue weighted by Crippen LogP contribution is 2.11. The van der Waals surface area contributed by atoms with E-state index < -0.39 is 0 Å². The standard InChI is InChI=1S/C19H34N.HI/c1-3-5-6-7-8-9-10-11-12-13-14-19-15-17-20(4-2)18-16-19;/h15-18H,3-14H2,1-2H3;1H/q+1;/p-1. The zero-order valence-corrected chi connectivity index (χ0v) is 16.3. The fourth-order valence-corrected chi connectivity index (χ4v) is 2.68. The van der Waals surface area contributed by atoms with Crippen LogP contribution < -0.4 is 28.5 Å². The van der Waals surface area contributed by atoms with Crippen LogP contribution in [0.3, 0.4) is 0 Å². The Balaban J connectivity index is 0.00000400. The lowest BCUT2D eigenvalue weighted by Crippen LogP contribution is -3.00. The largest absolute Gasteiger partial charge is 1.00 e. The molecule has 1 heterocycles. The minimum absolute atomic E-state index is 0. The molecule has 0 saturated carbocycles. The van der Waals surface area contributed by atoms with E-state index in [9.17, 15) is 0 Å². The average molecular weight is 403 g/mol. The van der Waals surface area contributed by atoms with E-state index in [4.69, 9.17) is 0 Å². The van der Waals surface area contributed by atoms with Crippen molar-refractivity contribution in [1.29, 1.82) is 0 Å². The molecule has 1 nitrogen and oxygen atoms in total. The maximum atomic E-state index is 2.29. The van der Waals surface area contributed by atoms with Gasteiger partial charge >= 0.3 is 0 Å². The van der Waals surface area contributed by atoms with Crippen LogP contribution in [0.2, 0.25) is 0 Å². The molecular weight excluding hydrogens is 369 g/mol. The molecule has 0 aromatic carbocycles. The van der Waals surface area contributed by atoms with E-state index in [0.29, 0.717) is 0 Å². The fraction of sp³-hybridized carbons (Fsp3) is 0.737. The van der Waals surface area contributed by atoms with Crippen molar-refractivity contribution in [2.45, 2.75) is 91.0 Å². The first-order valence-electron chi connectivity index (χ1n) is 8.84. The molecule has 0 unspecified atom stereocenters. The van der Waals surface area contributed by atoms with Crippen LogP contribution in [-0.4, -0.2) is 0 Å². The van der Waals surface area contributed by atoms with Gasteiger partial charge in [-0.05, 0) is 25.3 Å². The molecule has 21 heavy (non-hydrogen) atoms. The van der Waals surface area contributed by atoms with Crippen LogP contribution in [0.15, 0.2) is 24.5 Å². The second-order valence-corrected chi connectivity index (χ2v) is 5.97. The summed E-state index contributed by atoms with van der Waals surface area (Å²) in [6, 6.07) is 4.55. The second kappa shape index (κ2) is 14.8. The van der Waals surface area contributed by atoms with Gasteiger partial charge < -0.3 is 24.0 Å². The van der Waals surface area contributed by atoms with Crippen molar-refractivity contribution in [2.24, 2.45) is 0 Å². The van der Waals surface area contributed by atoms with Gasteiger partial charge in [0.25, 0.3) is 0 Å². The van der Waals surface area contributed by atoms with Crippen molar-refractivity contribution in [3.8, 4) is 0 Å². The Morgan fingerprint density at radius 1 is 0.714 bits per heavy atom. The summed E-state index contributed by atoms with van der Waals surface area (Å²) in [6.45, 7) is 5.54. The lowest BCUT2D eigenvalue weighted by atomic mass is 10.0. The molecule has 2 heteroatoms. The lowest BCUT2D eigenvalue weighted by molar-refractivity contribution is -0.693. The topological polar surface area (TPSA) is 3.88 Å². The highest BCUT2D eigenvalue weighted by Gasteiger charge is 1.98. The molecule has 1 rings (SSSR count). The Morgan fingerprint density at radius 2 is 1.19 bits per heavy atom. The van der Waals surface area contributed by atoms with Crippen molar-refractivity contribution >= 4 is 0 Å². The van der Waals surface area contributed by atoms with E-state index in [1.54, 1.807) is 0 Å². The van der Waals surface area contributed by atoms with Crippen molar-refractivity contribution in [1.82, 2.24) is 0 Å². The fourth-order valence-electron chi connectivity index (χ4n) is 2.68. The second-order valence-electron chi connectivity index (χ2n) is 5.97. The Kier molecular flexibility index (Phi) is 14.7. The third-order valence-corrected chi connectivity index (χ3v) is 4.14. The Hall–Kier alpha value is -0.120. The zero-order valence-electron chi connectivity index (χ0n) is 14.1. The van der Waals surface area contributed by atoms with Gasteiger partial charge in [-0.1, -0.05) is 64.7 Å². The van der Waals surface area contributed by atoms with E-state index in [1.807, 2.05) is 0 Å². The number of nitrogens with zero attached hydrogens (tertiary/aromatic N) is 1. The molecule has 0 aliphatic carbocycles. The highest BCUT2D eigenvalue weighted by molar-refractivity contribution is 5.07. The van der Waals surface area contributed by atoms with Gasteiger partial charge in [-0.3, -0.25) is 0 Å². The van der Waals surface area contributed by atoms with Crippen LogP contribution in [0, 0.1) is 0 Å². The summed E-state index contributed by atoms with van der Waals surface area (Å²) >= 11 is 0. The number of aromatic nitrogens is 1. The first-order chi connectivity index (χ1) is 9.86. The summed E-state index contributed by atoms with van der Waals surface area (Å²) in [5, 5.41) is 0. The number of hydrogen-bond acceptors (Lipinski definition) is 0. The smallest absolute Gasteiger partial charge is 0.169 e. The number of pyridine rings is 1. The minimum Gasteiger partial charge on any atom is -1.00 e. The Labute approximate surface area is 149 Å². The van der Waals surface area contributed by atoms with E-state index in [-0.39, 0.29) is 24.0 Å². The van der Waals surface area contributed by atoms with Gasteiger partial charge in [0.1, 0.15) is 6.54 Å². The first-order valence-corrected chi connectivity index (χ1v) is 8.84. The quantitative estimate of drug-likeness (QED) is 0.287. The van der Waals surface area contributed by atoms with Gasteiger partial charge in [-0.15, -0.1) is 0 Å². The van der Waals surface area contributed by atoms with Gasteiger partial charge in [0, 0.05) is 12.1 Å². The van der Waals surface area contributed by atoms with E-state index in [1.165, 1.54) is 76.2 Å². The maximum Gasteiger partial charge on any atom is 0.169 e. The van der Waals surface area contributed by atoms with Crippen LogP contribution in [0.4, 0.5) is 0 Å². The summed E-state index contributed by atoms with van der Waals surface area (Å²) in [5.74, 6) is 0. The predicted molar refractivity (Wildman–Crippen MR) is 87.9 cm³/mol. The lowest BCUT2D eigenvalue weighted by Gasteiger charge is -2.03. The molecule has 0 atom stereocenters. The summed E-state index contributed by atoms with van der Waals surface area (Å²) in [4.78, 5) is 0. The Bertz CT molecular complexity index is 321. The molecule has 0 fully saturated rings. The van der Waals surface area contributed by atoms with Gasteiger partial charge in [-0.25, -0.2) is 4.57 Å². The van der Waals surface area contributed by atoms with Crippen molar-refractivity contribution < 1.29 is 28.5 Å². The molecule has 0 aliphatic heterocycles. The third-order valence-electron chi connectivity index (χ3n) is 4.14.